The Balaban J connectivity index is 2.26. The van der Waals surface area contributed by atoms with E-state index in [0.717, 1.165) is 27.8 Å². The van der Waals surface area contributed by atoms with Gasteiger partial charge in [-0.05, 0) is 74.2 Å². The van der Waals surface area contributed by atoms with E-state index in [9.17, 15) is 8.42 Å². The van der Waals surface area contributed by atoms with Crippen LogP contribution in [0.25, 0.3) is 6.08 Å². The molecule has 5 heteroatoms. The molecule has 0 aromatic heterocycles. The number of ether oxygens (including phenoxy) is 1. The van der Waals surface area contributed by atoms with Gasteiger partial charge in [0.2, 0.25) is 0 Å². The van der Waals surface area contributed by atoms with E-state index in [-0.39, 0.29) is 0 Å². The van der Waals surface area contributed by atoms with Crippen molar-refractivity contribution in [2.24, 2.45) is 0 Å². The highest BCUT2D eigenvalue weighted by Gasteiger charge is 2.09. The van der Waals surface area contributed by atoms with Crippen molar-refractivity contribution in [2.75, 3.05) is 11.8 Å². The highest BCUT2D eigenvalue weighted by atomic mass is 32.2. The Bertz CT molecular complexity index is 860. The van der Waals surface area contributed by atoms with Crippen molar-refractivity contribution in [3.63, 3.8) is 0 Å². The molecule has 0 heterocycles. The molecule has 2 aromatic carbocycles. The lowest BCUT2D eigenvalue weighted by Gasteiger charge is -2.10. The lowest BCUT2D eigenvalue weighted by atomic mass is 10.0. The molecule has 0 unspecified atom stereocenters. The van der Waals surface area contributed by atoms with Crippen LogP contribution in [0.5, 0.6) is 5.75 Å². The normalized spacial score (nSPS) is 11.7. The minimum absolute atomic E-state index is 0.540. The number of methoxy groups -OCH3 is 1. The van der Waals surface area contributed by atoms with Gasteiger partial charge >= 0.3 is 0 Å². The van der Waals surface area contributed by atoms with Gasteiger partial charge in [0.05, 0.1) is 18.2 Å². The van der Waals surface area contributed by atoms with Crippen LogP contribution >= 0.6 is 0 Å². The smallest absolute Gasteiger partial charge is 0.255 e. The van der Waals surface area contributed by atoms with Gasteiger partial charge in [-0.2, -0.15) is 0 Å². The fraction of sp³-hybridized carbons (Fsp3) is 0.263. The van der Waals surface area contributed by atoms with Crippen molar-refractivity contribution < 1.29 is 13.2 Å². The predicted molar refractivity (Wildman–Crippen MR) is 100.0 cm³/mol. The largest absolute Gasteiger partial charge is 0.497 e. The van der Waals surface area contributed by atoms with Crippen LogP contribution < -0.4 is 9.46 Å². The molecule has 0 aliphatic heterocycles. The molecule has 0 aliphatic carbocycles. The van der Waals surface area contributed by atoms with Crippen molar-refractivity contribution in [1.29, 1.82) is 0 Å². The maximum Gasteiger partial charge on any atom is 0.255 e. The molecule has 0 saturated carbocycles. The molecule has 0 aliphatic rings. The van der Waals surface area contributed by atoms with Crippen LogP contribution in [0.15, 0.2) is 35.7 Å². The summed E-state index contributed by atoms with van der Waals surface area (Å²) in [6, 6.07) is 9.29. The summed E-state index contributed by atoms with van der Waals surface area (Å²) in [6.45, 7) is 7.82. The third-order valence-corrected chi connectivity index (χ3v) is 4.84. The van der Waals surface area contributed by atoms with E-state index in [1.165, 1.54) is 5.41 Å². The van der Waals surface area contributed by atoms with Gasteiger partial charge in [0.1, 0.15) is 5.75 Å². The monoisotopic (exact) mass is 345 g/mol. The summed E-state index contributed by atoms with van der Waals surface area (Å²) >= 11 is 0. The second kappa shape index (κ2) is 7.09. The topological polar surface area (TPSA) is 55.4 Å². The molecule has 0 bridgehead atoms. The first-order valence-corrected chi connectivity index (χ1v) is 9.20. The number of nitrogens with one attached hydrogen (secondary N) is 1. The van der Waals surface area contributed by atoms with E-state index >= 15 is 0 Å². The van der Waals surface area contributed by atoms with Gasteiger partial charge in [0, 0.05) is 0 Å². The van der Waals surface area contributed by atoms with Gasteiger partial charge in [0.25, 0.3) is 10.0 Å². The van der Waals surface area contributed by atoms with Crippen LogP contribution in [0, 0.1) is 27.7 Å². The number of hydrogen-bond acceptors (Lipinski definition) is 3. The zero-order chi connectivity index (χ0) is 17.9. The first kappa shape index (κ1) is 18.1. The average Bonchev–Trinajstić information content (AvgIpc) is 2.48. The summed E-state index contributed by atoms with van der Waals surface area (Å²) in [5, 5.41) is 1.21. The van der Waals surface area contributed by atoms with E-state index in [0.29, 0.717) is 11.4 Å². The molecule has 2 rings (SSSR count). The minimum Gasteiger partial charge on any atom is -0.497 e. The number of aryl methyl sites for hydroxylation is 4. The van der Waals surface area contributed by atoms with E-state index in [1.807, 2.05) is 39.8 Å². The van der Waals surface area contributed by atoms with Crippen LogP contribution in [0.2, 0.25) is 0 Å². The molecule has 0 fully saturated rings. The second-order valence-electron chi connectivity index (χ2n) is 5.94. The first-order chi connectivity index (χ1) is 11.2. The Kier molecular flexibility index (Phi) is 5.34. The maximum absolute atomic E-state index is 12.3. The van der Waals surface area contributed by atoms with Crippen molar-refractivity contribution in [2.45, 2.75) is 27.7 Å². The third-order valence-electron chi connectivity index (χ3n) is 3.84. The molecule has 2 aromatic rings. The predicted octanol–water partition coefficient (Wildman–Crippen LogP) is 4.34. The second-order valence-corrected chi connectivity index (χ2v) is 7.51. The quantitative estimate of drug-likeness (QED) is 0.877. The zero-order valence-electron chi connectivity index (χ0n) is 14.7. The Morgan fingerprint density at radius 1 is 0.958 bits per heavy atom. The molecule has 4 nitrogen and oxygen atoms in total. The molecule has 0 radical (unpaired) electrons. The lowest BCUT2D eigenvalue weighted by Crippen LogP contribution is -2.10. The number of hydrogen-bond donors (Lipinski definition) is 1. The molecular formula is C19H23NO3S. The fourth-order valence-electron chi connectivity index (χ4n) is 2.68. The van der Waals surface area contributed by atoms with Crippen LogP contribution in [0.1, 0.15) is 27.8 Å². The molecule has 128 valence electrons. The van der Waals surface area contributed by atoms with E-state index in [1.54, 1.807) is 31.4 Å². The molecular weight excluding hydrogens is 322 g/mol. The van der Waals surface area contributed by atoms with Crippen LogP contribution in [-0.4, -0.2) is 15.5 Å². The highest BCUT2D eigenvalue weighted by molar-refractivity contribution is 7.95. The summed E-state index contributed by atoms with van der Waals surface area (Å²) < 4.78 is 32.4. The number of sulfonamides is 1. The van der Waals surface area contributed by atoms with Crippen molar-refractivity contribution in [3.05, 3.63) is 63.6 Å². The molecule has 0 spiro atoms. The first-order valence-electron chi connectivity index (χ1n) is 7.65. The van der Waals surface area contributed by atoms with Crippen LogP contribution in [-0.2, 0) is 10.0 Å². The average molecular weight is 345 g/mol. The number of benzene rings is 2. The Labute approximate surface area is 144 Å². The van der Waals surface area contributed by atoms with E-state index in [2.05, 4.69) is 4.72 Å². The molecule has 1 N–H and O–H groups in total. The molecule has 24 heavy (non-hydrogen) atoms. The zero-order valence-corrected chi connectivity index (χ0v) is 15.5. The van der Waals surface area contributed by atoms with Gasteiger partial charge in [-0.1, -0.05) is 17.7 Å². The van der Waals surface area contributed by atoms with Crippen molar-refractivity contribution in [3.8, 4) is 5.75 Å². The minimum atomic E-state index is -3.59. The highest BCUT2D eigenvalue weighted by Crippen LogP contribution is 2.23. The summed E-state index contributed by atoms with van der Waals surface area (Å²) in [5.41, 5.74) is 5.54. The summed E-state index contributed by atoms with van der Waals surface area (Å²) in [5.74, 6) is 0.692. The number of rotatable bonds is 5. The summed E-state index contributed by atoms with van der Waals surface area (Å²) in [6.07, 6.45) is 1.64. The van der Waals surface area contributed by atoms with Crippen LogP contribution in [0.3, 0.4) is 0 Å². The SMILES string of the molecule is COc1ccc(NS(=O)(=O)C=Cc2c(C)cc(C)cc2C)c(C)c1. The fourth-order valence-corrected chi connectivity index (χ4v) is 3.60. The van der Waals surface area contributed by atoms with Gasteiger partial charge in [-0.15, -0.1) is 0 Å². The van der Waals surface area contributed by atoms with Gasteiger partial charge in [0.15, 0.2) is 0 Å². The summed E-state index contributed by atoms with van der Waals surface area (Å²) in [4.78, 5) is 0. The van der Waals surface area contributed by atoms with Crippen LogP contribution in [0.4, 0.5) is 5.69 Å². The Morgan fingerprint density at radius 3 is 2.12 bits per heavy atom. The van der Waals surface area contributed by atoms with E-state index in [4.69, 9.17) is 4.74 Å². The number of anilines is 1. The lowest BCUT2D eigenvalue weighted by molar-refractivity contribution is 0.414. The van der Waals surface area contributed by atoms with Gasteiger partial charge < -0.3 is 4.74 Å². The van der Waals surface area contributed by atoms with E-state index < -0.39 is 10.0 Å². The van der Waals surface area contributed by atoms with Gasteiger partial charge in [-0.3, -0.25) is 4.72 Å². The third kappa shape index (κ3) is 4.38. The van der Waals surface area contributed by atoms with Gasteiger partial charge in [-0.25, -0.2) is 8.42 Å². The molecule has 0 saturated heterocycles. The van der Waals surface area contributed by atoms with Crippen molar-refractivity contribution in [1.82, 2.24) is 0 Å². The Morgan fingerprint density at radius 2 is 1.58 bits per heavy atom. The van der Waals surface area contributed by atoms with Crippen molar-refractivity contribution >= 4 is 21.8 Å². The Hall–Kier alpha value is -2.27. The molecule has 0 atom stereocenters. The maximum atomic E-state index is 12.3. The summed E-state index contributed by atoms with van der Waals surface area (Å²) in [7, 11) is -2.01. The standard InChI is InChI=1S/C19H23NO3S/c1-13-10-14(2)18(15(3)11-13)8-9-24(21,22)20-19-7-6-17(23-5)12-16(19)4/h6-12,20H,1-5H3. The molecule has 0 amide bonds.